The van der Waals surface area contributed by atoms with Crippen molar-refractivity contribution in [1.82, 2.24) is 15.5 Å². The van der Waals surface area contributed by atoms with Crippen LogP contribution in [0.1, 0.15) is 13.8 Å². The Bertz CT molecular complexity index is 182. The molecule has 0 aromatic heterocycles. The smallest absolute Gasteiger partial charge is 0.238 e. The van der Waals surface area contributed by atoms with E-state index in [0.717, 1.165) is 19.6 Å². The first-order chi connectivity index (χ1) is 6.11. The van der Waals surface area contributed by atoms with Crippen molar-refractivity contribution >= 4 is 5.91 Å². The molecular formula is C9H19N3O. The first kappa shape index (κ1) is 10.5. The Labute approximate surface area is 79.7 Å². The molecule has 1 unspecified atom stereocenters. The summed E-state index contributed by atoms with van der Waals surface area (Å²) in [6, 6.07) is 0.221. The molecule has 0 aliphatic carbocycles. The van der Waals surface area contributed by atoms with Gasteiger partial charge in [0.1, 0.15) is 6.04 Å². The maximum absolute atomic E-state index is 11.6. The standard InChI is InChI=1S/C9H19N3O/c1-7(2)11-9(13)8-6-10-4-5-12(8)3/h7-8,10H,4-6H2,1-3H3,(H,11,13). The maximum atomic E-state index is 11.6. The Balaban J connectivity index is 2.44. The van der Waals surface area contributed by atoms with E-state index in [1.165, 1.54) is 0 Å². The lowest BCUT2D eigenvalue weighted by molar-refractivity contribution is -0.126. The van der Waals surface area contributed by atoms with E-state index in [2.05, 4.69) is 15.5 Å². The summed E-state index contributed by atoms with van der Waals surface area (Å²) in [5.74, 6) is 0.129. The zero-order valence-electron chi connectivity index (χ0n) is 8.63. The number of carbonyl (C=O) groups is 1. The molecule has 1 aliphatic rings. The third-order valence-corrected chi connectivity index (χ3v) is 2.24. The van der Waals surface area contributed by atoms with E-state index < -0.39 is 0 Å². The molecule has 1 atom stereocenters. The molecule has 1 fully saturated rings. The number of nitrogens with zero attached hydrogens (tertiary/aromatic N) is 1. The van der Waals surface area contributed by atoms with Gasteiger partial charge in [-0.2, -0.15) is 0 Å². The van der Waals surface area contributed by atoms with Crippen molar-refractivity contribution in [1.29, 1.82) is 0 Å². The summed E-state index contributed by atoms with van der Waals surface area (Å²) in [4.78, 5) is 13.7. The van der Waals surface area contributed by atoms with Gasteiger partial charge < -0.3 is 10.6 Å². The fourth-order valence-electron chi connectivity index (χ4n) is 1.48. The Morgan fingerprint density at radius 2 is 2.31 bits per heavy atom. The number of hydrogen-bond donors (Lipinski definition) is 2. The number of amides is 1. The number of likely N-dealkylation sites (N-methyl/N-ethyl adjacent to an activating group) is 1. The highest BCUT2D eigenvalue weighted by Gasteiger charge is 2.25. The largest absolute Gasteiger partial charge is 0.353 e. The van der Waals surface area contributed by atoms with Gasteiger partial charge in [-0.15, -0.1) is 0 Å². The average Bonchev–Trinajstić information content (AvgIpc) is 2.03. The molecular weight excluding hydrogens is 166 g/mol. The summed E-state index contributed by atoms with van der Waals surface area (Å²) in [6.45, 7) is 6.63. The predicted molar refractivity (Wildman–Crippen MR) is 52.6 cm³/mol. The Morgan fingerprint density at radius 3 is 2.85 bits per heavy atom. The van der Waals surface area contributed by atoms with E-state index in [4.69, 9.17) is 0 Å². The van der Waals surface area contributed by atoms with Crippen LogP contribution in [-0.2, 0) is 4.79 Å². The quantitative estimate of drug-likeness (QED) is 0.604. The van der Waals surface area contributed by atoms with Crippen LogP contribution >= 0.6 is 0 Å². The van der Waals surface area contributed by atoms with Gasteiger partial charge in [0.15, 0.2) is 0 Å². The Morgan fingerprint density at radius 1 is 1.62 bits per heavy atom. The molecule has 0 radical (unpaired) electrons. The van der Waals surface area contributed by atoms with Crippen LogP contribution in [0.25, 0.3) is 0 Å². The monoisotopic (exact) mass is 185 g/mol. The van der Waals surface area contributed by atoms with Gasteiger partial charge in [-0.1, -0.05) is 0 Å². The SMILES string of the molecule is CC(C)NC(=O)C1CNCCN1C. The van der Waals surface area contributed by atoms with Crippen molar-refractivity contribution in [3.8, 4) is 0 Å². The molecule has 4 nitrogen and oxygen atoms in total. The first-order valence-electron chi connectivity index (χ1n) is 4.82. The molecule has 4 heteroatoms. The fourth-order valence-corrected chi connectivity index (χ4v) is 1.48. The van der Waals surface area contributed by atoms with E-state index in [9.17, 15) is 4.79 Å². The summed E-state index contributed by atoms with van der Waals surface area (Å²) in [5.41, 5.74) is 0. The summed E-state index contributed by atoms with van der Waals surface area (Å²) < 4.78 is 0. The van der Waals surface area contributed by atoms with E-state index >= 15 is 0 Å². The van der Waals surface area contributed by atoms with Crippen molar-refractivity contribution in [2.45, 2.75) is 25.9 Å². The molecule has 0 spiro atoms. The summed E-state index contributed by atoms with van der Waals surface area (Å²) in [6.07, 6.45) is 0. The van der Waals surface area contributed by atoms with Gasteiger partial charge >= 0.3 is 0 Å². The van der Waals surface area contributed by atoms with Crippen LogP contribution < -0.4 is 10.6 Å². The van der Waals surface area contributed by atoms with Crippen LogP contribution in [0.4, 0.5) is 0 Å². The number of piperazine rings is 1. The topological polar surface area (TPSA) is 44.4 Å². The molecule has 1 saturated heterocycles. The lowest BCUT2D eigenvalue weighted by atomic mass is 10.2. The molecule has 1 rings (SSSR count). The van der Waals surface area contributed by atoms with E-state index in [1.807, 2.05) is 20.9 Å². The molecule has 0 bridgehead atoms. The molecule has 1 aliphatic heterocycles. The molecule has 76 valence electrons. The average molecular weight is 185 g/mol. The normalized spacial score (nSPS) is 24.8. The molecule has 2 N–H and O–H groups in total. The summed E-state index contributed by atoms with van der Waals surface area (Å²) in [7, 11) is 1.99. The summed E-state index contributed by atoms with van der Waals surface area (Å²) >= 11 is 0. The lowest BCUT2D eigenvalue weighted by Crippen LogP contribution is -2.57. The molecule has 1 amide bonds. The van der Waals surface area contributed by atoms with Crippen molar-refractivity contribution in [2.24, 2.45) is 0 Å². The molecule has 1 heterocycles. The van der Waals surface area contributed by atoms with E-state index in [-0.39, 0.29) is 18.0 Å². The highest BCUT2D eigenvalue weighted by Crippen LogP contribution is 1.99. The number of rotatable bonds is 2. The highest BCUT2D eigenvalue weighted by atomic mass is 16.2. The van der Waals surface area contributed by atoms with Crippen LogP contribution in [0.3, 0.4) is 0 Å². The summed E-state index contributed by atoms with van der Waals surface area (Å²) in [5, 5.41) is 6.14. The van der Waals surface area contributed by atoms with Crippen molar-refractivity contribution < 1.29 is 4.79 Å². The van der Waals surface area contributed by atoms with E-state index in [1.54, 1.807) is 0 Å². The number of nitrogens with one attached hydrogen (secondary N) is 2. The van der Waals surface area contributed by atoms with Gasteiger partial charge in [-0.3, -0.25) is 9.69 Å². The second-order valence-corrected chi connectivity index (χ2v) is 3.86. The number of hydrogen-bond acceptors (Lipinski definition) is 3. The third-order valence-electron chi connectivity index (χ3n) is 2.24. The minimum Gasteiger partial charge on any atom is -0.353 e. The third kappa shape index (κ3) is 2.97. The Hall–Kier alpha value is -0.610. The van der Waals surface area contributed by atoms with Crippen molar-refractivity contribution in [2.75, 3.05) is 26.7 Å². The van der Waals surface area contributed by atoms with Gasteiger partial charge in [0.05, 0.1) is 0 Å². The van der Waals surface area contributed by atoms with Gasteiger partial charge in [0.25, 0.3) is 0 Å². The molecule has 0 aromatic rings. The zero-order chi connectivity index (χ0) is 9.84. The molecule has 13 heavy (non-hydrogen) atoms. The van der Waals surface area contributed by atoms with Crippen LogP contribution in [0.5, 0.6) is 0 Å². The van der Waals surface area contributed by atoms with Crippen molar-refractivity contribution in [3.05, 3.63) is 0 Å². The van der Waals surface area contributed by atoms with Crippen LogP contribution in [-0.4, -0.2) is 49.6 Å². The van der Waals surface area contributed by atoms with Crippen molar-refractivity contribution in [3.63, 3.8) is 0 Å². The van der Waals surface area contributed by atoms with Gasteiger partial charge in [0.2, 0.25) is 5.91 Å². The minimum absolute atomic E-state index is 0.00356. The second-order valence-electron chi connectivity index (χ2n) is 3.86. The lowest BCUT2D eigenvalue weighted by Gasteiger charge is -2.32. The number of carbonyl (C=O) groups excluding carboxylic acids is 1. The van der Waals surface area contributed by atoms with Crippen LogP contribution in [0.2, 0.25) is 0 Å². The Kier molecular flexibility index (Phi) is 3.69. The molecule has 0 saturated carbocycles. The van der Waals surface area contributed by atoms with E-state index in [0.29, 0.717) is 0 Å². The zero-order valence-corrected chi connectivity index (χ0v) is 8.63. The van der Waals surface area contributed by atoms with Gasteiger partial charge in [-0.05, 0) is 20.9 Å². The minimum atomic E-state index is -0.00356. The van der Waals surface area contributed by atoms with Crippen LogP contribution in [0.15, 0.2) is 0 Å². The molecule has 0 aromatic carbocycles. The van der Waals surface area contributed by atoms with Gasteiger partial charge in [-0.25, -0.2) is 0 Å². The first-order valence-corrected chi connectivity index (χ1v) is 4.82. The fraction of sp³-hybridized carbons (Fsp3) is 0.889. The second kappa shape index (κ2) is 4.58. The predicted octanol–water partition coefficient (Wildman–Crippen LogP) is -0.585. The maximum Gasteiger partial charge on any atom is 0.238 e. The van der Waals surface area contributed by atoms with Crippen LogP contribution in [0, 0.1) is 0 Å². The highest BCUT2D eigenvalue weighted by molar-refractivity contribution is 5.82. The van der Waals surface area contributed by atoms with Gasteiger partial charge in [0, 0.05) is 25.7 Å².